The van der Waals surface area contributed by atoms with Gasteiger partial charge in [-0.3, -0.25) is 9.78 Å². The topological polar surface area (TPSA) is 88.5 Å². The zero-order chi connectivity index (χ0) is 22.6. The monoisotopic (exact) mass is 432 g/mol. The molecule has 0 fully saturated rings. The molecule has 9 heteroatoms. The first-order chi connectivity index (χ1) is 14.7. The highest BCUT2D eigenvalue weighted by Gasteiger charge is 2.31. The van der Waals surface area contributed by atoms with E-state index in [1.54, 1.807) is 12.1 Å². The summed E-state index contributed by atoms with van der Waals surface area (Å²) in [5, 5.41) is 13.5. The molecule has 2 aromatic carbocycles. The molecule has 0 spiro atoms. The molecule has 1 heterocycles. The molecule has 3 aromatic rings. The molecule has 2 N–H and O–H groups in total. The number of nitrogens with one attached hydrogen (secondary N) is 1. The fraction of sp³-hybridized carbons (Fsp3) is 0.227. The minimum absolute atomic E-state index is 0.00296. The Morgan fingerprint density at radius 1 is 1.06 bits per heavy atom. The van der Waals surface area contributed by atoms with Crippen LogP contribution >= 0.6 is 0 Å². The number of aromatic nitrogens is 1. The Morgan fingerprint density at radius 2 is 1.74 bits per heavy atom. The van der Waals surface area contributed by atoms with Crippen LogP contribution < -0.4 is 5.32 Å². The molecule has 2 atom stereocenters. The third-order valence-corrected chi connectivity index (χ3v) is 4.67. The van der Waals surface area contributed by atoms with Crippen LogP contribution in [0.15, 0.2) is 60.7 Å². The van der Waals surface area contributed by atoms with Crippen molar-refractivity contribution >= 4 is 22.8 Å². The Morgan fingerprint density at radius 3 is 2.39 bits per heavy atom. The molecule has 0 aliphatic heterocycles. The second kappa shape index (κ2) is 9.13. The van der Waals surface area contributed by atoms with Crippen molar-refractivity contribution in [3.63, 3.8) is 0 Å². The Bertz CT molecular complexity index is 1080. The largest absolute Gasteiger partial charge is 0.467 e. The van der Waals surface area contributed by atoms with Crippen LogP contribution in [0.5, 0.6) is 0 Å². The van der Waals surface area contributed by atoms with E-state index in [1.165, 1.54) is 0 Å². The number of para-hydroxylation sites is 1. The number of methoxy groups -OCH3 is 1. The van der Waals surface area contributed by atoms with Crippen LogP contribution in [-0.2, 0) is 26.9 Å². The lowest BCUT2D eigenvalue weighted by Gasteiger charge is -2.19. The molecule has 1 amide bonds. The standard InChI is InChI=1S/C22H19F3N2O4/c1-31-21(30)18(12-16-11-8-13-4-2-3-5-17(13)26-16)27-20(29)19(28)14-6-9-15(10-7-14)22(23,24)25/h2-11,18-19,28H,12H2,1H3,(H,27,29)/t18-,19-/m1/s1. The lowest BCUT2D eigenvalue weighted by Crippen LogP contribution is -2.45. The fourth-order valence-corrected chi connectivity index (χ4v) is 3.02. The number of aliphatic hydroxyl groups excluding tert-OH is 1. The molecule has 1 aromatic heterocycles. The quantitative estimate of drug-likeness (QED) is 0.584. The maximum absolute atomic E-state index is 12.7. The number of carbonyl (C=O) groups is 2. The fourth-order valence-electron chi connectivity index (χ4n) is 3.02. The van der Waals surface area contributed by atoms with Gasteiger partial charge in [-0.2, -0.15) is 13.2 Å². The van der Waals surface area contributed by atoms with E-state index in [2.05, 4.69) is 10.3 Å². The molecule has 6 nitrogen and oxygen atoms in total. The normalized spacial score (nSPS) is 13.5. The number of pyridine rings is 1. The van der Waals surface area contributed by atoms with Crippen molar-refractivity contribution in [1.82, 2.24) is 10.3 Å². The average Bonchev–Trinajstić information content (AvgIpc) is 2.77. The summed E-state index contributed by atoms with van der Waals surface area (Å²) in [7, 11) is 1.15. The van der Waals surface area contributed by atoms with E-state index >= 15 is 0 Å². The minimum Gasteiger partial charge on any atom is -0.467 e. The third-order valence-electron chi connectivity index (χ3n) is 4.67. The number of fused-ring (bicyclic) bond motifs is 1. The number of hydrogen-bond acceptors (Lipinski definition) is 5. The molecule has 0 radical (unpaired) electrons. The highest BCUT2D eigenvalue weighted by atomic mass is 19.4. The van der Waals surface area contributed by atoms with Crippen molar-refractivity contribution in [2.75, 3.05) is 7.11 Å². The van der Waals surface area contributed by atoms with Crippen molar-refractivity contribution in [3.05, 3.63) is 77.5 Å². The van der Waals surface area contributed by atoms with E-state index in [1.807, 2.05) is 24.3 Å². The van der Waals surface area contributed by atoms with Gasteiger partial charge in [-0.05, 0) is 29.8 Å². The van der Waals surface area contributed by atoms with Gasteiger partial charge in [-0.1, -0.05) is 36.4 Å². The summed E-state index contributed by atoms with van der Waals surface area (Å²) < 4.78 is 42.8. The number of amides is 1. The van der Waals surface area contributed by atoms with E-state index in [-0.39, 0.29) is 12.0 Å². The number of esters is 1. The molecule has 0 saturated carbocycles. The first-order valence-electron chi connectivity index (χ1n) is 9.27. The van der Waals surface area contributed by atoms with E-state index in [4.69, 9.17) is 4.74 Å². The van der Waals surface area contributed by atoms with Crippen molar-refractivity contribution in [2.45, 2.75) is 24.7 Å². The predicted molar refractivity (Wildman–Crippen MR) is 106 cm³/mol. The first-order valence-corrected chi connectivity index (χ1v) is 9.27. The number of alkyl halides is 3. The van der Waals surface area contributed by atoms with E-state index in [9.17, 15) is 27.9 Å². The Labute approximate surface area is 175 Å². The lowest BCUT2D eigenvalue weighted by atomic mass is 10.0. The molecule has 0 saturated heterocycles. The van der Waals surface area contributed by atoms with E-state index in [0.29, 0.717) is 11.2 Å². The second-order valence-electron chi connectivity index (χ2n) is 6.81. The van der Waals surface area contributed by atoms with Gasteiger partial charge in [0.1, 0.15) is 6.04 Å². The predicted octanol–water partition coefficient (Wildman–Crippen LogP) is 3.19. The van der Waals surface area contributed by atoms with Crippen molar-refractivity contribution in [2.24, 2.45) is 0 Å². The number of benzene rings is 2. The first kappa shape index (κ1) is 22.2. The molecular formula is C22H19F3N2O4. The molecule has 3 rings (SSSR count). The highest BCUT2D eigenvalue weighted by Crippen LogP contribution is 2.30. The minimum atomic E-state index is -4.53. The summed E-state index contributed by atoms with van der Waals surface area (Å²) in [6.45, 7) is 0. The second-order valence-corrected chi connectivity index (χ2v) is 6.81. The summed E-state index contributed by atoms with van der Waals surface area (Å²) >= 11 is 0. The SMILES string of the molecule is COC(=O)[C@@H](Cc1ccc2ccccc2n1)NC(=O)[C@H](O)c1ccc(C(F)(F)F)cc1. The van der Waals surface area contributed by atoms with Gasteiger partial charge >= 0.3 is 12.1 Å². The molecule has 0 bridgehead atoms. The molecule has 0 aliphatic rings. The highest BCUT2D eigenvalue weighted by molar-refractivity contribution is 5.87. The Kier molecular flexibility index (Phi) is 6.55. The zero-order valence-electron chi connectivity index (χ0n) is 16.4. The summed E-state index contributed by atoms with van der Waals surface area (Å²) in [4.78, 5) is 29.1. The number of hydrogen-bond donors (Lipinski definition) is 2. The maximum atomic E-state index is 12.7. The van der Waals surface area contributed by atoms with Crippen LogP contribution in [0.3, 0.4) is 0 Å². The van der Waals surface area contributed by atoms with Gasteiger partial charge in [0.05, 0.1) is 18.2 Å². The number of rotatable bonds is 6. The average molecular weight is 432 g/mol. The van der Waals surface area contributed by atoms with E-state index < -0.39 is 35.8 Å². The van der Waals surface area contributed by atoms with Gasteiger partial charge in [0.15, 0.2) is 6.10 Å². The molecule has 0 aliphatic carbocycles. The van der Waals surface area contributed by atoms with Gasteiger partial charge in [0.25, 0.3) is 5.91 Å². The number of halogens is 3. The van der Waals surface area contributed by atoms with Gasteiger partial charge in [0.2, 0.25) is 0 Å². The van der Waals surface area contributed by atoms with Crippen LogP contribution in [0.1, 0.15) is 22.9 Å². The van der Waals surface area contributed by atoms with Crippen LogP contribution in [0, 0.1) is 0 Å². The zero-order valence-corrected chi connectivity index (χ0v) is 16.4. The molecule has 0 unspecified atom stereocenters. The van der Waals surface area contributed by atoms with Crippen LogP contribution in [0.2, 0.25) is 0 Å². The van der Waals surface area contributed by atoms with E-state index in [0.717, 1.165) is 36.8 Å². The van der Waals surface area contributed by atoms with Gasteiger partial charge in [-0.15, -0.1) is 0 Å². The molecule has 31 heavy (non-hydrogen) atoms. The van der Waals surface area contributed by atoms with Crippen molar-refractivity contribution in [1.29, 1.82) is 0 Å². The summed E-state index contributed by atoms with van der Waals surface area (Å²) in [6.07, 6.45) is -6.30. The Balaban J connectivity index is 1.75. The molecular weight excluding hydrogens is 413 g/mol. The third kappa shape index (κ3) is 5.37. The Hall–Kier alpha value is -3.46. The van der Waals surface area contributed by atoms with Gasteiger partial charge < -0.3 is 15.2 Å². The number of ether oxygens (including phenoxy) is 1. The van der Waals surface area contributed by atoms with Crippen LogP contribution in [0.4, 0.5) is 13.2 Å². The summed E-state index contributed by atoms with van der Waals surface area (Å²) in [6, 6.07) is 13.3. The van der Waals surface area contributed by atoms with Crippen LogP contribution in [0.25, 0.3) is 10.9 Å². The van der Waals surface area contributed by atoms with Crippen LogP contribution in [-0.4, -0.2) is 35.1 Å². The van der Waals surface area contributed by atoms with Gasteiger partial charge in [-0.25, -0.2) is 4.79 Å². The smallest absolute Gasteiger partial charge is 0.416 e. The maximum Gasteiger partial charge on any atom is 0.416 e. The number of aliphatic hydroxyl groups is 1. The number of carbonyl (C=O) groups excluding carboxylic acids is 2. The van der Waals surface area contributed by atoms with Crippen molar-refractivity contribution < 1.29 is 32.6 Å². The lowest BCUT2D eigenvalue weighted by molar-refractivity contribution is -0.146. The summed E-state index contributed by atoms with van der Waals surface area (Å²) in [5.74, 6) is -1.70. The van der Waals surface area contributed by atoms with Gasteiger partial charge in [0, 0.05) is 17.5 Å². The number of nitrogens with zero attached hydrogens (tertiary/aromatic N) is 1. The van der Waals surface area contributed by atoms with Crippen molar-refractivity contribution in [3.8, 4) is 0 Å². The summed E-state index contributed by atoms with van der Waals surface area (Å²) in [5.41, 5.74) is 0.273. The molecule has 162 valence electrons.